The number of aliphatic hydroxyl groups is 1. The molecule has 14 heavy (non-hydrogen) atoms. The largest absolute Gasteiger partial charge is 0.390 e. The van der Waals surface area contributed by atoms with E-state index < -0.39 is 5.60 Å². The van der Waals surface area contributed by atoms with Crippen LogP contribution >= 0.6 is 0 Å². The van der Waals surface area contributed by atoms with Gasteiger partial charge >= 0.3 is 0 Å². The Balaban J connectivity index is 3.95. The van der Waals surface area contributed by atoms with Crippen molar-refractivity contribution >= 4 is 0 Å². The molecule has 0 aromatic heterocycles. The summed E-state index contributed by atoms with van der Waals surface area (Å²) in [5.41, 5.74) is -0.137. The molecule has 0 aromatic carbocycles. The minimum absolute atomic E-state index is 0.333. The van der Waals surface area contributed by atoms with Crippen molar-refractivity contribution in [3.05, 3.63) is 0 Å². The van der Waals surface area contributed by atoms with Crippen LogP contribution in [0.15, 0.2) is 0 Å². The third-order valence-electron chi connectivity index (χ3n) is 2.90. The predicted molar refractivity (Wildman–Crippen MR) is 63.4 cm³/mol. The zero-order valence-corrected chi connectivity index (χ0v) is 10.9. The van der Waals surface area contributed by atoms with Crippen LogP contribution in [0, 0.1) is 11.3 Å². The van der Waals surface area contributed by atoms with Crippen LogP contribution in [0.4, 0.5) is 0 Å². The topological polar surface area (TPSA) is 20.2 Å². The number of hydrogen-bond acceptors (Lipinski definition) is 1. The summed E-state index contributed by atoms with van der Waals surface area (Å²) in [7, 11) is 0. The maximum absolute atomic E-state index is 10.2. The summed E-state index contributed by atoms with van der Waals surface area (Å²) in [6.45, 7) is 13.1. The summed E-state index contributed by atoms with van der Waals surface area (Å²) in [5, 5.41) is 10.2. The molecule has 0 aromatic rings. The fourth-order valence-corrected chi connectivity index (χ4v) is 1.64. The molecule has 0 aliphatic rings. The summed E-state index contributed by atoms with van der Waals surface area (Å²) in [4.78, 5) is 0. The lowest BCUT2D eigenvalue weighted by molar-refractivity contribution is 0.0172. The Morgan fingerprint density at radius 3 is 1.93 bits per heavy atom. The smallest absolute Gasteiger partial charge is 0.0622 e. The van der Waals surface area contributed by atoms with Gasteiger partial charge in [-0.15, -0.1) is 0 Å². The van der Waals surface area contributed by atoms with Crippen molar-refractivity contribution in [1.29, 1.82) is 0 Å². The molecule has 0 rings (SSSR count). The summed E-state index contributed by atoms with van der Waals surface area (Å²) >= 11 is 0. The molecular weight excluding hydrogens is 172 g/mol. The molecule has 0 saturated heterocycles. The first kappa shape index (κ1) is 14.0. The van der Waals surface area contributed by atoms with E-state index in [9.17, 15) is 5.11 Å². The fraction of sp³-hybridized carbons (Fsp3) is 1.00. The van der Waals surface area contributed by atoms with Gasteiger partial charge in [0.1, 0.15) is 0 Å². The first-order valence-electron chi connectivity index (χ1n) is 5.89. The normalized spacial score (nSPS) is 19.1. The van der Waals surface area contributed by atoms with E-state index in [4.69, 9.17) is 0 Å². The van der Waals surface area contributed by atoms with Crippen molar-refractivity contribution in [2.45, 2.75) is 72.8 Å². The quantitative estimate of drug-likeness (QED) is 0.711. The molecule has 1 nitrogen and oxygen atoms in total. The first-order chi connectivity index (χ1) is 6.16. The molecule has 0 spiro atoms. The molecule has 0 aliphatic heterocycles. The van der Waals surface area contributed by atoms with Gasteiger partial charge in [-0.05, 0) is 37.5 Å². The summed E-state index contributed by atoms with van der Waals surface area (Å²) in [6, 6.07) is 0. The second-order valence-corrected chi connectivity index (χ2v) is 6.28. The van der Waals surface area contributed by atoms with Crippen molar-refractivity contribution in [1.82, 2.24) is 0 Å². The van der Waals surface area contributed by atoms with E-state index in [1.54, 1.807) is 0 Å². The van der Waals surface area contributed by atoms with Crippen molar-refractivity contribution in [2.24, 2.45) is 11.3 Å². The molecule has 0 amide bonds. The van der Waals surface area contributed by atoms with E-state index in [0.29, 0.717) is 11.3 Å². The highest BCUT2D eigenvalue weighted by Gasteiger charge is 2.24. The third kappa shape index (κ3) is 7.37. The average Bonchev–Trinajstić information content (AvgIpc) is 1.99. The average molecular weight is 200 g/mol. The Morgan fingerprint density at radius 1 is 1.07 bits per heavy atom. The second kappa shape index (κ2) is 5.16. The van der Waals surface area contributed by atoms with Gasteiger partial charge in [0, 0.05) is 0 Å². The van der Waals surface area contributed by atoms with Gasteiger partial charge in [0.05, 0.1) is 5.60 Å². The van der Waals surface area contributed by atoms with E-state index in [1.165, 1.54) is 0 Å². The Bertz CT molecular complexity index is 153. The highest BCUT2D eigenvalue weighted by Crippen LogP contribution is 2.29. The zero-order chi connectivity index (χ0) is 11.4. The van der Waals surface area contributed by atoms with Crippen LogP contribution in [0.25, 0.3) is 0 Å². The van der Waals surface area contributed by atoms with Gasteiger partial charge in [-0.25, -0.2) is 0 Å². The van der Waals surface area contributed by atoms with Crippen LogP contribution in [-0.4, -0.2) is 10.7 Å². The Labute approximate surface area is 89.9 Å². The predicted octanol–water partition coefficient (Wildman–Crippen LogP) is 4.00. The molecule has 0 saturated carbocycles. The summed E-state index contributed by atoms with van der Waals surface area (Å²) in [5.74, 6) is 0.630. The SMILES string of the molecule is CCC(C)CC(C)(O)CCC(C)(C)C. The molecule has 0 heterocycles. The number of hydrogen-bond donors (Lipinski definition) is 1. The van der Waals surface area contributed by atoms with E-state index in [-0.39, 0.29) is 0 Å². The zero-order valence-electron chi connectivity index (χ0n) is 10.9. The van der Waals surface area contributed by atoms with Gasteiger partial charge in [0.2, 0.25) is 0 Å². The molecule has 2 unspecified atom stereocenters. The van der Waals surface area contributed by atoms with Gasteiger partial charge in [-0.1, -0.05) is 41.0 Å². The summed E-state index contributed by atoms with van der Waals surface area (Å²) in [6.07, 6.45) is 4.10. The monoisotopic (exact) mass is 200 g/mol. The van der Waals surface area contributed by atoms with Crippen molar-refractivity contribution in [3.63, 3.8) is 0 Å². The van der Waals surface area contributed by atoms with Gasteiger partial charge in [0.15, 0.2) is 0 Å². The lowest BCUT2D eigenvalue weighted by Crippen LogP contribution is -2.28. The Hall–Kier alpha value is -0.0400. The molecule has 0 fully saturated rings. The van der Waals surface area contributed by atoms with E-state index in [2.05, 4.69) is 34.6 Å². The van der Waals surface area contributed by atoms with Gasteiger partial charge in [-0.3, -0.25) is 0 Å². The number of rotatable bonds is 5. The van der Waals surface area contributed by atoms with Crippen LogP contribution in [0.1, 0.15) is 67.2 Å². The van der Waals surface area contributed by atoms with Crippen LogP contribution in [-0.2, 0) is 0 Å². The van der Waals surface area contributed by atoms with Crippen LogP contribution in [0.3, 0.4) is 0 Å². The maximum atomic E-state index is 10.2. The molecule has 2 atom stereocenters. The van der Waals surface area contributed by atoms with E-state index >= 15 is 0 Å². The van der Waals surface area contributed by atoms with Crippen molar-refractivity contribution < 1.29 is 5.11 Å². The second-order valence-electron chi connectivity index (χ2n) is 6.28. The lowest BCUT2D eigenvalue weighted by atomic mass is 9.81. The van der Waals surface area contributed by atoms with Gasteiger partial charge < -0.3 is 5.11 Å². The minimum atomic E-state index is -0.470. The Kier molecular flexibility index (Phi) is 5.14. The first-order valence-corrected chi connectivity index (χ1v) is 5.89. The summed E-state index contributed by atoms with van der Waals surface area (Å²) < 4.78 is 0. The van der Waals surface area contributed by atoms with E-state index in [0.717, 1.165) is 25.7 Å². The highest BCUT2D eigenvalue weighted by atomic mass is 16.3. The molecule has 0 radical (unpaired) electrons. The minimum Gasteiger partial charge on any atom is -0.390 e. The molecule has 1 N–H and O–H groups in total. The van der Waals surface area contributed by atoms with Crippen LogP contribution in [0.5, 0.6) is 0 Å². The molecule has 0 aliphatic carbocycles. The molecular formula is C13H28O. The molecule has 86 valence electrons. The molecule has 1 heteroatoms. The van der Waals surface area contributed by atoms with E-state index in [1.807, 2.05) is 6.92 Å². The fourth-order valence-electron chi connectivity index (χ4n) is 1.64. The lowest BCUT2D eigenvalue weighted by Gasteiger charge is -2.29. The standard InChI is InChI=1S/C13H28O/c1-7-11(2)10-13(6,14)9-8-12(3,4)5/h11,14H,7-10H2,1-6H3. The van der Waals surface area contributed by atoms with Crippen LogP contribution in [0.2, 0.25) is 0 Å². The highest BCUT2D eigenvalue weighted by molar-refractivity contribution is 4.77. The van der Waals surface area contributed by atoms with Crippen LogP contribution < -0.4 is 0 Å². The van der Waals surface area contributed by atoms with Gasteiger partial charge in [0.25, 0.3) is 0 Å². The third-order valence-corrected chi connectivity index (χ3v) is 2.90. The maximum Gasteiger partial charge on any atom is 0.0622 e. The van der Waals surface area contributed by atoms with Crippen molar-refractivity contribution in [3.8, 4) is 0 Å². The Morgan fingerprint density at radius 2 is 1.57 bits per heavy atom. The molecule has 0 bridgehead atoms. The van der Waals surface area contributed by atoms with Crippen molar-refractivity contribution in [2.75, 3.05) is 0 Å². The van der Waals surface area contributed by atoms with Gasteiger partial charge in [-0.2, -0.15) is 0 Å².